The van der Waals surface area contributed by atoms with E-state index in [-0.39, 0.29) is 24.2 Å². The first-order valence-corrected chi connectivity index (χ1v) is 12.0. The second-order valence-electron chi connectivity index (χ2n) is 8.34. The third kappa shape index (κ3) is 4.77. The van der Waals surface area contributed by atoms with Gasteiger partial charge in [-0.15, -0.1) is 11.3 Å². The quantitative estimate of drug-likeness (QED) is 0.391. The summed E-state index contributed by atoms with van der Waals surface area (Å²) < 4.78 is 19.0. The van der Waals surface area contributed by atoms with Gasteiger partial charge in [0.2, 0.25) is 0 Å². The highest BCUT2D eigenvalue weighted by Gasteiger charge is 2.44. The van der Waals surface area contributed by atoms with Gasteiger partial charge in [-0.25, -0.2) is 9.97 Å². The van der Waals surface area contributed by atoms with Gasteiger partial charge in [0.25, 0.3) is 0 Å². The third-order valence-electron chi connectivity index (χ3n) is 6.07. The number of rotatable bonds is 8. The minimum absolute atomic E-state index is 0.109. The maximum absolute atomic E-state index is 6.56. The molecule has 2 N–H and O–H groups in total. The van der Waals surface area contributed by atoms with Crippen LogP contribution in [0.5, 0.6) is 0 Å². The number of fused-ring (bicyclic) bond motifs is 1. The van der Waals surface area contributed by atoms with Crippen LogP contribution in [0.25, 0.3) is 10.9 Å². The second-order valence-corrected chi connectivity index (χ2v) is 9.25. The standard InChI is InChI=1S/C26H27N3O3S/c1-17-23(31-13-19-10-6-3-7-11-19)21(14-30-12-18-8-4-2-5-9-18)32-24(17)25-22-20(15-33-25)26(27)29-16-28-22/h2-11,15-17,21,23-24H,12-14H2,1H3,(H2,27,28,29)/t17-,21+,23-,24+/m0/s1. The highest BCUT2D eigenvalue weighted by atomic mass is 32.1. The highest BCUT2D eigenvalue weighted by Crippen LogP contribution is 2.45. The normalized spacial score (nSPS) is 22.7. The fraction of sp³-hybridized carbons (Fsp3) is 0.308. The average molecular weight is 462 g/mol. The Hall–Kier alpha value is -2.84. The summed E-state index contributed by atoms with van der Waals surface area (Å²) in [6.45, 7) is 3.70. The van der Waals surface area contributed by atoms with E-state index in [2.05, 4.69) is 41.2 Å². The molecule has 2 aromatic heterocycles. The molecule has 0 amide bonds. The monoisotopic (exact) mass is 461 g/mol. The maximum atomic E-state index is 6.56. The molecule has 6 nitrogen and oxygen atoms in total. The van der Waals surface area contributed by atoms with E-state index in [9.17, 15) is 0 Å². The van der Waals surface area contributed by atoms with Gasteiger partial charge in [-0.1, -0.05) is 67.6 Å². The van der Waals surface area contributed by atoms with Crippen LogP contribution in [0.3, 0.4) is 0 Å². The summed E-state index contributed by atoms with van der Waals surface area (Å²) in [5, 5.41) is 2.88. The average Bonchev–Trinajstić information content (AvgIpc) is 3.41. The van der Waals surface area contributed by atoms with Crippen molar-refractivity contribution >= 4 is 28.1 Å². The van der Waals surface area contributed by atoms with Crippen molar-refractivity contribution < 1.29 is 14.2 Å². The fourth-order valence-corrected chi connectivity index (χ4v) is 5.49. The number of anilines is 1. The first-order chi connectivity index (χ1) is 16.2. The summed E-state index contributed by atoms with van der Waals surface area (Å²) in [4.78, 5) is 9.67. The van der Waals surface area contributed by atoms with Crippen LogP contribution in [0, 0.1) is 5.92 Å². The van der Waals surface area contributed by atoms with Gasteiger partial charge in [0.1, 0.15) is 18.2 Å². The van der Waals surface area contributed by atoms with Gasteiger partial charge in [-0.05, 0) is 11.1 Å². The molecule has 1 saturated heterocycles. The maximum Gasteiger partial charge on any atom is 0.135 e. The van der Waals surface area contributed by atoms with E-state index < -0.39 is 0 Å². The van der Waals surface area contributed by atoms with Gasteiger partial charge >= 0.3 is 0 Å². The number of nitrogens with zero attached hydrogens (tertiary/aromatic N) is 2. The lowest BCUT2D eigenvalue weighted by atomic mass is 9.96. The Labute approximate surface area is 197 Å². The SMILES string of the molecule is C[C@H]1[C@H](OCc2ccccc2)[C@@H](COCc2ccccc2)O[C@H]1c1scc2c(N)ncnc12. The van der Waals surface area contributed by atoms with E-state index in [0.29, 0.717) is 25.6 Å². The molecule has 0 aliphatic carbocycles. The van der Waals surface area contributed by atoms with Crippen LogP contribution in [0.4, 0.5) is 5.82 Å². The Morgan fingerprint density at radius 3 is 2.39 bits per heavy atom. The van der Waals surface area contributed by atoms with Crippen LogP contribution >= 0.6 is 11.3 Å². The topological polar surface area (TPSA) is 79.5 Å². The number of hydrogen-bond acceptors (Lipinski definition) is 7. The van der Waals surface area contributed by atoms with Crippen molar-refractivity contribution in [2.75, 3.05) is 12.3 Å². The molecular formula is C26H27N3O3S. The van der Waals surface area contributed by atoms with E-state index in [4.69, 9.17) is 19.9 Å². The van der Waals surface area contributed by atoms with Gasteiger partial charge in [-0.3, -0.25) is 0 Å². The van der Waals surface area contributed by atoms with Crippen LogP contribution in [-0.2, 0) is 27.4 Å². The Morgan fingerprint density at radius 2 is 1.67 bits per heavy atom. The summed E-state index contributed by atoms with van der Waals surface area (Å²) in [6.07, 6.45) is 1.07. The summed E-state index contributed by atoms with van der Waals surface area (Å²) in [5.41, 5.74) is 9.19. The molecular weight excluding hydrogens is 434 g/mol. The highest BCUT2D eigenvalue weighted by molar-refractivity contribution is 7.11. The minimum atomic E-state index is -0.186. The molecule has 0 spiro atoms. The third-order valence-corrected chi connectivity index (χ3v) is 7.11. The van der Waals surface area contributed by atoms with Crippen molar-refractivity contribution in [3.63, 3.8) is 0 Å². The number of aromatic nitrogens is 2. The minimum Gasteiger partial charge on any atom is -0.383 e. The van der Waals surface area contributed by atoms with Gasteiger partial charge in [0, 0.05) is 11.3 Å². The lowest BCUT2D eigenvalue weighted by molar-refractivity contribution is -0.0724. The van der Waals surface area contributed by atoms with Crippen LogP contribution in [-0.4, -0.2) is 28.8 Å². The van der Waals surface area contributed by atoms with Crippen molar-refractivity contribution in [2.24, 2.45) is 5.92 Å². The van der Waals surface area contributed by atoms with Gasteiger partial charge in [0.05, 0.1) is 47.8 Å². The molecule has 7 heteroatoms. The Morgan fingerprint density at radius 1 is 0.970 bits per heavy atom. The van der Waals surface area contributed by atoms with Gasteiger partial charge in [-0.2, -0.15) is 0 Å². The lowest BCUT2D eigenvalue weighted by Gasteiger charge is -2.22. The first-order valence-electron chi connectivity index (χ1n) is 11.1. The zero-order valence-electron chi connectivity index (χ0n) is 18.5. The molecule has 1 aliphatic heterocycles. The summed E-state index contributed by atoms with van der Waals surface area (Å²) in [5.74, 6) is 0.616. The Balaban J connectivity index is 1.35. The van der Waals surface area contributed by atoms with Crippen LogP contribution in [0.1, 0.15) is 29.0 Å². The number of benzene rings is 2. The van der Waals surface area contributed by atoms with Crippen molar-refractivity contribution in [3.8, 4) is 0 Å². The fourth-order valence-electron chi connectivity index (χ4n) is 4.33. The van der Waals surface area contributed by atoms with Crippen molar-refractivity contribution in [1.29, 1.82) is 0 Å². The van der Waals surface area contributed by atoms with E-state index in [1.807, 2.05) is 41.8 Å². The summed E-state index contributed by atoms with van der Waals surface area (Å²) in [7, 11) is 0. The van der Waals surface area contributed by atoms with Gasteiger partial charge in [0.15, 0.2) is 0 Å². The number of thiophene rings is 1. The molecule has 33 heavy (non-hydrogen) atoms. The predicted octanol–water partition coefficient (Wildman–Crippen LogP) is 5.15. The van der Waals surface area contributed by atoms with Gasteiger partial charge < -0.3 is 19.9 Å². The van der Waals surface area contributed by atoms with Crippen LogP contribution < -0.4 is 5.73 Å². The van der Waals surface area contributed by atoms with Crippen molar-refractivity contribution in [2.45, 2.75) is 38.4 Å². The first kappa shape index (κ1) is 22.0. The molecule has 0 radical (unpaired) electrons. The molecule has 5 rings (SSSR count). The molecule has 2 aromatic carbocycles. The van der Waals surface area contributed by atoms with E-state index >= 15 is 0 Å². The van der Waals surface area contributed by atoms with Crippen molar-refractivity contribution in [1.82, 2.24) is 9.97 Å². The van der Waals surface area contributed by atoms with E-state index in [1.54, 1.807) is 11.3 Å². The summed E-state index contributed by atoms with van der Waals surface area (Å²) in [6, 6.07) is 20.4. The summed E-state index contributed by atoms with van der Waals surface area (Å²) >= 11 is 1.61. The largest absolute Gasteiger partial charge is 0.383 e. The zero-order valence-corrected chi connectivity index (χ0v) is 19.3. The molecule has 0 unspecified atom stereocenters. The van der Waals surface area contributed by atoms with E-state index in [1.165, 1.54) is 6.33 Å². The van der Waals surface area contributed by atoms with Crippen LogP contribution in [0.2, 0.25) is 0 Å². The second kappa shape index (κ2) is 9.97. The molecule has 170 valence electrons. The lowest BCUT2D eigenvalue weighted by Crippen LogP contribution is -2.32. The number of ether oxygens (including phenoxy) is 3. The molecule has 1 aliphatic rings. The molecule has 0 bridgehead atoms. The smallest absolute Gasteiger partial charge is 0.135 e. The Bertz CT molecular complexity index is 1190. The number of nitrogens with two attached hydrogens (primary N) is 1. The van der Waals surface area contributed by atoms with Crippen LogP contribution in [0.15, 0.2) is 72.4 Å². The zero-order chi connectivity index (χ0) is 22.6. The van der Waals surface area contributed by atoms with E-state index in [0.717, 1.165) is 26.9 Å². The number of hydrogen-bond donors (Lipinski definition) is 1. The molecule has 1 fully saturated rings. The Kier molecular flexibility index (Phi) is 6.64. The molecule has 3 heterocycles. The molecule has 0 saturated carbocycles. The molecule has 4 aromatic rings. The number of nitrogen functional groups attached to an aromatic ring is 1. The molecule has 4 atom stereocenters. The predicted molar refractivity (Wildman–Crippen MR) is 130 cm³/mol. The van der Waals surface area contributed by atoms with Crippen molar-refractivity contribution in [3.05, 3.63) is 88.4 Å².